The highest BCUT2D eigenvalue weighted by Crippen LogP contribution is 2.37. The molecule has 1 saturated carbocycles. The minimum absolute atomic E-state index is 0.114. The molecule has 0 unspecified atom stereocenters. The zero-order valence-electron chi connectivity index (χ0n) is 10.5. The number of carboxylic acid groups (broad SMARTS) is 1. The van der Waals surface area contributed by atoms with E-state index in [1.54, 1.807) is 6.20 Å². The number of aliphatic carboxylic acids is 1. The molecular formula is C14H15N3O2. The van der Waals surface area contributed by atoms with Crippen molar-refractivity contribution in [3.63, 3.8) is 0 Å². The minimum Gasteiger partial charge on any atom is -0.481 e. The molecule has 0 spiro atoms. The number of nitrogens with one attached hydrogen (secondary N) is 1. The Morgan fingerprint density at radius 3 is 2.84 bits per heavy atom. The van der Waals surface area contributed by atoms with Gasteiger partial charge in [0.15, 0.2) is 0 Å². The predicted octanol–water partition coefficient (Wildman–Crippen LogP) is 2.44. The second kappa shape index (κ2) is 4.50. The maximum atomic E-state index is 10.9. The van der Waals surface area contributed by atoms with Gasteiger partial charge < -0.3 is 10.4 Å². The van der Waals surface area contributed by atoms with Crippen molar-refractivity contribution in [3.05, 3.63) is 30.5 Å². The number of benzene rings is 1. The summed E-state index contributed by atoms with van der Waals surface area (Å²) in [5.41, 5.74) is 0.499. The number of para-hydroxylation sites is 1. The highest BCUT2D eigenvalue weighted by atomic mass is 16.4. The minimum atomic E-state index is -0.784. The molecule has 2 N–H and O–H groups in total. The topological polar surface area (TPSA) is 75.1 Å². The molecule has 1 aromatic heterocycles. The van der Waals surface area contributed by atoms with E-state index in [2.05, 4.69) is 15.3 Å². The summed E-state index contributed by atoms with van der Waals surface area (Å²) in [7, 11) is 0. The molecule has 5 heteroatoms. The van der Waals surface area contributed by atoms with E-state index in [0.29, 0.717) is 5.95 Å². The van der Waals surface area contributed by atoms with Gasteiger partial charge in [-0.3, -0.25) is 4.79 Å². The van der Waals surface area contributed by atoms with Gasteiger partial charge >= 0.3 is 5.97 Å². The van der Waals surface area contributed by atoms with Crippen LogP contribution in [0.2, 0.25) is 0 Å². The Bertz CT molecular complexity index is 623. The van der Waals surface area contributed by atoms with E-state index in [-0.39, 0.29) is 12.0 Å². The van der Waals surface area contributed by atoms with Crippen LogP contribution >= 0.6 is 0 Å². The van der Waals surface area contributed by atoms with E-state index in [0.717, 1.165) is 30.2 Å². The van der Waals surface area contributed by atoms with Gasteiger partial charge in [0.1, 0.15) is 0 Å². The van der Waals surface area contributed by atoms with Crippen LogP contribution in [0.1, 0.15) is 25.7 Å². The van der Waals surface area contributed by atoms with E-state index in [4.69, 9.17) is 5.11 Å². The third kappa shape index (κ3) is 2.36. The summed E-state index contributed by atoms with van der Waals surface area (Å²) in [5, 5.41) is 13.2. The summed E-state index contributed by atoms with van der Waals surface area (Å²) in [6, 6.07) is 7.74. The summed E-state index contributed by atoms with van der Waals surface area (Å²) in [5.74, 6) is -0.271. The monoisotopic (exact) mass is 257 g/mol. The van der Waals surface area contributed by atoms with Gasteiger partial charge in [-0.05, 0) is 25.3 Å². The van der Waals surface area contributed by atoms with E-state index in [9.17, 15) is 4.79 Å². The average molecular weight is 257 g/mol. The molecule has 1 aliphatic carbocycles. The molecule has 1 aromatic carbocycles. The van der Waals surface area contributed by atoms with Crippen LogP contribution in [0, 0.1) is 0 Å². The van der Waals surface area contributed by atoms with E-state index < -0.39 is 5.97 Å². The molecule has 19 heavy (non-hydrogen) atoms. The van der Waals surface area contributed by atoms with Crippen LogP contribution in [0.15, 0.2) is 30.5 Å². The summed E-state index contributed by atoms with van der Waals surface area (Å²) < 4.78 is 0. The molecule has 0 atom stereocenters. The maximum absolute atomic E-state index is 10.9. The van der Waals surface area contributed by atoms with Crippen LogP contribution in [0.5, 0.6) is 0 Å². The van der Waals surface area contributed by atoms with Crippen LogP contribution in [0.25, 0.3) is 10.9 Å². The summed E-state index contributed by atoms with van der Waals surface area (Å²) in [6.07, 6.45) is 4.64. The van der Waals surface area contributed by atoms with Gasteiger partial charge in [0.25, 0.3) is 0 Å². The second-order valence-corrected chi connectivity index (χ2v) is 5.08. The summed E-state index contributed by atoms with van der Waals surface area (Å²) >= 11 is 0. The Hall–Kier alpha value is -2.17. The Morgan fingerprint density at radius 1 is 1.37 bits per heavy atom. The molecule has 98 valence electrons. The number of carbonyl (C=O) groups is 1. The highest BCUT2D eigenvalue weighted by molar-refractivity contribution is 5.78. The smallest absolute Gasteiger partial charge is 0.305 e. The quantitative estimate of drug-likeness (QED) is 0.879. The summed E-state index contributed by atoms with van der Waals surface area (Å²) in [6.45, 7) is 0. The molecule has 2 aromatic rings. The van der Waals surface area contributed by atoms with Gasteiger partial charge in [-0.25, -0.2) is 9.97 Å². The standard InChI is InChI=1S/C14H15N3O2/c18-12(19)8-14(6-3-7-14)17-13-15-9-10-4-1-2-5-11(10)16-13/h1-2,4-5,9H,3,6-8H2,(H,18,19)(H,15,16,17). The van der Waals surface area contributed by atoms with Crippen LogP contribution in [-0.4, -0.2) is 26.6 Å². The van der Waals surface area contributed by atoms with Crippen molar-refractivity contribution >= 4 is 22.8 Å². The molecule has 0 radical (unpaired) electrons. The molecule has 0 amide bonds. The lowest BCUT2D eigenvalue weighted by molar-refractivity contribution is -0.138. The average Bonchev–Trinajstić information content (AvgIpc) is 2.35. The van der Waals surface area contributed by atoms with Crippen LogP contribution in [0.4, 0.5) is 5.95 Å². The first-order chi connectivity index (χ1) is 9.17. The van der Waals surface area contributed by atoms with E-state index in [1.807, 2.05) is 24.3 Å². The second-order valence-electron chi connectivity index (χ2n) is 5.08. The first-order valence-electron chi connectivity index (χ1n) is 6.39. The predicted molar refractivity (Wildman–Crippen MR) is 72.0 cm³/mol. The van der Waals surface area contributed by atoms with Crippen molar-refractivity contribution in [2.75, 3.05) is 5.32 Å². The number of fused-ring (bicyclic) bond motifs is 1. The van der Waals surface area contributed by atoms with Gasteiger partial charge in [0.2, 0.25) is 5.95 Å². The Morgan fingerprint density at radius 2 is 2.16 bits per heavy atom. The van der Waals surface area contributed by atoms with E-state index >= 15 is 0 Å². The van der Waals surface area contributed by atoms with Gasteiger partial charge in [-0.2, -0.15) is 0 Å². The third-order valence-electron chi connectivity index (χ3n) is 3.67. The third-order valence-corrected chi connectivity index (χ3v) is 3.67. The molecule has 1 aliphatic rings. The Balaban J connectivity index is 1.86. The molecule has 0 aliphatic heterocycles. The molecule has 3 rings (SSSR count). The van der Waals surface area contributed by atoms with E-state index in [1.165, 1.54) is 0 Å². The first kappa shape index (κ1) is 11.9. The molecule has 0 saturated heterocycles. The van der Waals surface area contributed by atoms with Gasteiger partial charge in [0, 0.05) is 11.6 Å². The Kier molecular flexibility index (Phi) is 2.81. The number of aromatic nitrogens is 2. The largest absolute Gasteiger partial charge is 0.481 e. The van der Waals surface area contributed by atoms with Gasteiger partial charge in [-0.15, -0.1) is 0 Å². The van der Waals surface area contributed by atoms with Crippen molar-refractivity contribution in [1.82, 2.24) is 9.97 Å². The first-order valence-corrected chi connectivity index (χ1v) is 6.39. The number of carboxylic acids is 1. The van der Waals surface area contributed by atoms with Crippen LogP contribution in [-0.2, 0) is 4.79 Å². The normalized spacial score (nSPS) is 16.8. The number of hydrogen-bond acceptors (Lipinski definition) is 4. The van der Waals surface area contributed by atoms with Crippen molar-refractivity contribution < 1.29 is 9.90 Å². The number of anilines is 1. The van der Waals surface area contributed by atoms with Crippen molar-refractivity contribution in [2.45, 2.75) is 31.2 Å². The lowest BCUT2D eigenvalue weighted by atomic mass is 9.74. The van der Waals surface area contributed by atoms with Gasteiger partial charge in [-0.1, -0.05) is 18.2 Å². The maximum Gasteiger partial charge on any atom is 0.305 e. The lowest BCUT2D eigenvalue weighted by Crippen LogP contribution is -2.47. The highest BCUT2D eigenvalue weighted by Gasteiger charge is 2.39. The molecule has 5 nitrogen and oxygen atoms in total. The number of hydrogen-bond donors (Lipinski definition) is 2. The molecule has 1 heterocycles. The summed E-state index contributed by atoms with van der Waals surface area (Å²) in [4.78, 5) is 19.6. The lowest BCUT2D eigenvalue weighted by Gasteiger charge is -2.41. The number of nitrogens with zero attached hydrogens (tertiary/aromatic N) is 2. The Labute approximate surface area is 110 Å². The molecule has 1 fully saturated rings. The fraction of sp³-hybridized carbons (Fsp3) is 0.357. The number of rotatable bonds is 4. The fourth-order valence-electron chi connectivity index (χ4n) is 2.51. The van der Waals surface area contributed by atoms with Crippen LogP contribution in [0.3, 0.4) is 0 Å². The van der Waals surface area contributed by atoms with Crippen LogP contribution < -0.4 is 5.32 Å². The SMILES string of the molecule is O=C(O)CC1(Nc2ncc3ccccc3n2)CCC1. The molecular weight excluding hydrogens is 242 g/mol. The van der Waals surface area contributed by atoms with Gasteiger partial charge in [0.05, 0.1) is 17.5 Å². The fourth-order valence-corrected chi connectivity index (χ4v) is 2.51. The zero-order chi connectivity index (χ0) is 13.3. The molecule has 0 bridgehead atoms. The van der Waals surface area contributed by atoms with Crippen molar-refractivity contribution in [1.29, 1.82) is 0 Å². The zero-order valence-corrected chi connectivity index (χ0v) is 10.5. The van der Waals surface area contributed by atoms with Crippen molar-refractivity contribution in [2.24, 2.45) is 0 Å². The van der Waals surface area contributed by atoms with Crippen molar-refractivity contribution in [3.8, 4) is 0 Å².